The van der Waals surface area contributed by atoms with Crippen molar-refractivity contribution in [2.45, 2.75) is 0 Å². The molecule has 11 rings (SSSR count). The maximum atomic E-state index is 6.97. The molecule has 0 unspecified atom stereocenters. The largest absolute Gasteiger partial charge is 0.456 e. The summed E-state index contributed by atoms with van der Waals surface area (Å²) in [6, 6.07) is 62.4. The molecule has 11 aromatic rings. The molecule has 0 radical (unpaired) electrons. The van der Waals surface area contributed by atoms with Gasteiger partial charge in [0.05, 0.1) is 5.69 Å². The molecule has 0 fully saturated rings. The molecule has 0 atom stereocenters. The third kappa shape index (κ3) is 4.51. The molecule has 0 saturated carbocycles. The van der Waals surface area contributed by atoms with Crippen LogP contribution in [0.25, 0.3) is 86.3 Å². The number of benzene rings is 8. The van der Waals surface area contributed by atoms with Gasteiger partial charge in [-0.3, -0.25) is 0 Å². The second-order valence-electron chi connectivity index (χ2n) is 13.3. The van der Waals surface area contributed by atoms with Gasteiger partial charge in [0, 0.05) is 58.7 Å². The second-order valence-corrected chi connectivity index (χ2v) is 14.4. The minimum absolute atomic E-state index is 0.849. The lowest BCUT2D eigenvalue weighted by Gasteiger charge is -2.25. The van der Waals surface area contributed by atoms with E-state index in [0.29, 0.717) is 0 Å². The van der Waals surface area contributed by atoms with Gasteiger partial charge in [0.25, 0.3) is 0 Å². The van der Waals surface area contributed by atoms with Gasteiger partial charge >= 0.3 is 0 Å². The molecular formula is C48H29NO2S. The SMILES string of the molecule is c1ccc(-c2ccc3c(c2)sc2cc(N(c4ccc5oc6ccccc6c5c4)c4cccc5c4oc4c(-c6ccccc6)cccc45)ccc23)cc1. The zero-order valence-electron chi connectivity index (χ0n) is 27.9. The average Bonchev–Trinajstić information content (AvgIpc) is 3.89. The fourth-order valence-corrected chi connectivity index (χ4v) is 9.00. The van der Waals surface area contributed by atoms with Crippen molar-refractivity contribution in [2.75, 3.05) is 4.90 Å². The Hall–Kier alpha value is -6.62. The van der Waals surface area contributed by atoms with Crippen LogP contribution in [-0.4, -0.2) is 0 Å². The van der Waals surface area contributed by atoms with Crippen LogP contribution in [0, 0.1) is 0 Å². The summed E-state index contributed by atoms with van der Waals surface area (Å²) in [7, 11) is 0. The number of furan rings is 2. The van der Waals surface area contributed by atoms with Crippen molar-refractivity contribution in [3.8, 4) is 22.3 Å². The molecule has 0 saturated heterocycles. The van der Waals surface area contributed by atoms with Crippen LogP contribution in [0.15, 0.2) is 185 Å². The summed E-state index contributed by atoms with van der Waals surface area (Å²) in [5.41, 5.74) is 11.2. The summed E-state index contributed by atoms with van der Waals surface area (Å²) < 4.78 is 15.7. The minimum Gasteiger partial charge on any atom is -0.456 e. The standard InChI is InChI=1S/C48H29NO2S/c1-3-11-30(12-4-1)32-21-24-37-38-25-22-34(29-46(38)52-45(37)27-32)49(33-23-26-44-41(28-33)36-15-7-8-20-43(36)50-44)42-19-10-18-40-39-17-9-16-35(47(39)51-48(40)42)31-13-5-2-6-14-31/h1-29H. The summed E-state index contributed by atoms with van der Waals surface area (Å²) >= 11 is 1.84. The Balaban J connectivity index is 1.15. The fraction of sp³-hybridized carbons (Fsp3) is 0. The molecule has 0 N–H and O–H groups in total. The number of hydrogen-bond donors (Lipinski definition) is 0. The van der Waals surface area contributed by atoms with Crippen molar-refractivity contribution in [1.82, 2.24) is 0 Å². The Morgan fingerprint density at radius 3 is 1.85 bits per heavy atom. The Morgan fingerprint density at radius 2 is 1.00 bits per heavy atom. The molecule has 0 spiro atoms. The van der Waals surface area contributed by atoms with E-state index in [-0.39, 0.29) is 0 Å². The summed E-state index contributed by atoms with van der Waals surface area (Å²) in [6.45, 7) is 0. The highest BCUT2D eigenvalue weighted by Crippen LogP contribution is 2.47. The van der Waals surface area contributed by atoms with Crippen molar-refractivity contribution >= 4 is 92.4 Å². The van der Waals surface area contributed by atoms with E-state index in [0.717, 1.165) is 72.1 Å². The normalized spacial score (nSPS) is 11.8. The van der Waals surface area contributed by atoms with Gasteiger partial charge in [-0.2, -0.15) is 0 Å². The number of thiophene rings is 1. The van der Waals surface area contributed by atoms with Crippen molar-refractivity contribution in [2.24, 2.45) is 0 Å². The van der Waals surface area contributed by atoms with Crippen LogP contribution in [-0.2, 0) is 0 Å². The molecule has 0 bridgehead atoms. The molecular weight excluding hydrogens is 655 g/mol. The zero-order chi connectivity index (χ0) is 34.2. The number of nitrogens with zero attached hydrogens (tertiary/aromatic N) is 1. The number of rotatable bonds is 5. The maximum absolute atomic E-state index is 6.97. The van der Waals surface area contributed by atoms with Gasteiger partial charge in [0.1, 0.15) is 16.7 Å². The highest BCUT2D eigenvalue weighted by Gasteiger charge is 2.22. The number of para-hydroxylation sites is 3. The van der Waals surface area contributed by atoms with Crippen LogP contribution in [0.1, 0.15) is 0 Å². The molecule has 244 valence electrons. The highest BCUT2D eigenvalue weighted by atomic mass is 32.1. The molecule has 8 aromatic carbocycles. The molecule has 0 aliphatic heterocycles. The first-order chi connectivity index (χ1) is 25.8. The number of hydrogen-bond acceptors (Lipinski definition) is 4. The van der Waals surface area contributed by atoms with E-state index in [4.69, 9.17) is 8.83 Å². The van der Waals surface area contributed by atoms with E-state index in [1.165, 1.54) is 31.3 Å². The number of fused-ring (bicyclic) bond motifs is 9. The third-order valence-electron chi connectivity index (χ3n) is 10.3. The Bertz CT molecular complexity index is 3130. The van der Waals surface area contributed by atoms with E-state index in [1.54, 1.807) is 0 Å². The van der Waals surface area contributed by atoms with E-state index in [1.807, 2.05) is 29.5 Å². The first-order valence-electron chi connectivity index (χ1n) is 17.5. The van der Waals surface area contributed by atoms with Crippen molar-refractivity contribution in [3.63, 3.8) is 0 Å². The maximum Gasteiger partial charge on any atom is 0.159 e. The fourth-order valence-electron chi connectivity index (χ4n) is 7.82. The molecule has 3 aromatic heterocycles. The van der Waals surface area contributed by atoms with Crippen LogP contribution < -0.4 is 4.90 Å². The van der Waals surface area contributed by atoms with Crippen molar-refractivity contribution in [3.05, 3.63) is 176 Å². The molecule has 4 heteroatoms. The summed E-state index contributed by atoms with van der Waals surface area (Å²) in [5.74, 6) is 0. The van der Waals surface area contributed by atoms with Gasteiger partial charge in [0.2, 0.25) is 0 Å². The van der Waals surface area contributed by atoms with Gasteiger partial charge < -0.3 is 13.7 Å². The quantitative estimate of drug-likeness (QED) is 0.181. The zero-order valence-corrected chi connectivity index (χ0v) is 28.7. The highest BCUT2D eigenvalue weighted by molar-refractivity contribution is 7.25. The first-order valence-corrected chi connectivity index (χ1v) is 18.3. The van der Waals surface area contributed by atoms with Crippen LogP contribution in [0.2, 0.25) is 0 Å². The number of anilines is 3. The third-order valence-corrected chi connectivity index (χ3v) is 11.4. The van der Waals surface area contributed by atoms with Gasteiger partial charge in [-0.1, -0.05) is 127 Å². The predicted molar refractivity (Wildman–Crippen MR) is 219 cm³/mol. The van der Waals surface area contributed by atoms with E-state index in [2.05, 4.69) is 163 Å². The summed E-state index contributed by atoms with van der Waals surface area (Å²) in [6.07, 6.45) is 0. The smallest absolute Gasteiger partial charge is 0.159 e. The Morgan fingerprint density at radius 1 is 0.365 bits per heavy atom. The first kappa shape index (κ1) is 29.1. The van der Waals surface area contributed by atoms with Gasteiger partial charge in [-0.25, -0.2) is 0 Å². The second kappa shape index (κ2) is 11.5. The molecule has 3 nitrogen and oxygen atoms in total. The molecule has 0 aliphatic carbocycles. The van der Waals surface area contributed by atoms with Gasteiger partial charge in [-0.15, -0.1) is 11.3 Å². The topological polar surface area (TPSA) is 29.5 Å². The lowest BCUT2D eigenvalue weighted by molar-refractivity contribution is 0.669. The minimum atomic E-state index is 0.849. The Kier molecular flexibility index (Phi) is 6.42. The van der Waals surface area contributed by atoms with E-state index >= 15 is 0 Å². The monoisotopic (exact) mass is 683 g/mol. The molecule has 0 amide bonds. The van der Waals surface area contributed by atoms with Crippen LogP contribution in [0.3, 0.4) is 0 Å². The van der Waals surface area contributed by atoms with E-state index in [9.17, 15) is 0 Å². The van der Waals surface area contributed by atoms with Crippen LogP contribution in [0.5, 0.6) is 0 Å². The molecule has 52 heavy (non-hydrogen) atoms. The Labute approximate surface area is 303 Å². The van der Waals surface area contributed by atoms with Gasteiger partial charge in [0.15, 0.2) is 5.58 Å². The molecule has 0 aliphatic rings. The molecule has 3 heterocycles. The summed E-state index contributed by atoms with van der Waals surface area (Å²) in [5, 5.41) is 6.90. The van der Waals surface area contributed by atoms with Crippen molar-refractivity contribution < 1.29 is 8.83 Å². The van der Waals surface area contributed by atoms with Gasteiger partial charge in [-0.05, 0) is 65.2 Å². The lowest BCUT2D eigenvalue weighted by atomic mass is 10.0. The lowest BCUT2D eigenvalue weighted by Crippen LogP contribution is -2.10. The summed E-state index contributed by atoms with van der Waals surface area (Å²) in [4.78, 5) is 2.34. The average molecular weight is 684 g/mol. The predicted octanol–water partition coefficient (Wildman–Crippen LogP) is 14.7. The van der Waals surface area contributed by atoms with E-state index < -0.39 is 0 Å². The van der Waals surface area contributed by atoms with Crippen molar-refractivity contribution in [1.29, 1.82) is 0 Å². The van der Waals surface area contributed by atoms with Crippen LogP contribution in [0.4, 0.5) is 17.1 Å². The van der Waals surface area contributed by atoms with Crippen LogP contribution >= 0.6 is 11.3 Å².